The smallest absolute Gasteiger partial charge is 0.312 e. The van der Waals surface area contributed by atoms with Crippen molar-refractivity contribution >= 4 is 5.97 Å². The summed E-state index contributed by atoms with van der Waals surface area (Å²) in [5.74, 6) is -1.92. The minimum atomic E-state index is -1.29. The molecule has 1 aliphatic carbocycles. The highest BCUT2D eigenvalue weighted by molar-refractivity contribution is 5.76. The van der Waals surface area contributed by atoms with E-state index in [9.17, 15) is 15.0 Å². The van der Waals surface area contributed by atoms with E-state index in [0.717, 1.165) is 11.1 Å². The summed E-state index contributed by atoms with van der Waals surface area (Å²) in [6.45, 7) is 8.31. The fourth-order valence-corrected chi connectivity index (χ4v) is 5.26. The van der Waals surface area contributed by atoms with Gasteiger partial charge in [0, 0.05) is 17.9 Å². The number of aliphatic hydroxyl groups excluding tert-OH is 1. The highest BCUT2D eigenvalue weighted by Crippen LogP contribution is 2.50. The zero-order valence-corrected chi connectivity index (χ0v) is 19.2. The van der Waals surface area contributed by atoms with E-state index < -0.39 is 29.6 Å². The highest BCUT2D eigenvalue weighted by Gasteiger charge is 2.58. The third-order valence-electron chi connectivity index (χ3n) is 6.96. The van der Waals surface area contributed by atoms with Gasteiger partial charge in [-0.15, -0.1) is 0 Å². The number of hydrogen-bond acceptors (Lipinski definition) is 6. The van der Waals surface area contributed by atoms with Gasteiger partial charge >= 0.3 is 5.97 Å². The van der Waals surface area contributed by atoms with E-state index in [2.05, 4.69) is 43.8 Å². The number of ether oxygens (including phenoxy) is 1. The van der Waals surface area contributed by atoms with Crippen molar-refractivity contribution in [3.05, 3.63) is 71.3 Å². The lowest BCUT2D eigenvalue weighted by Gasteiger charge is -2.47. The number of carbonyl (C=O) groups is 1. The fourth-order valence-electron chi connectivity index (χ4n) is 5.26. The number of nitrogens with one attached hydrogen (secondary N) is 2. The van der Waals surface area contributed by atoms with Crippen molar-refractivity contribution in [1.29, 1.82) is 0 Å². The molecule has 172 valence electrons. The predicted octanol–water partition coefficient (Wildman–Crippen LogP) is 2.99. The molecule has 0 aromatic heterocycles. The molecular formula is C26H34N2O4. The van der Waals surface area contributed by atoms with Crippen LogP contribution < -0.4 is 10.9 Å². The number of benzene rings is 2. The first-order valence-electron chi connectivity index (χ1n) is 11.3. The molecule has 1 saturated carbocycles. The van der Waals surface area contributed by atoms with Gasteiger partial charge in [0.15, 0.2) is 0 Å². The maximum Gasteiger partial charge on any atom is 0.312 e. The van der Waals surface area contributed by atoms with E-state index >= 15 is 0 Å². The summed E-state index contributed by atoms with van der Waals surface area (Å²) in [6, 6.07) is 17.5. The lowest BCUT2D eigenvalue weighted by Crippen LogP contribution is -2.56. The largest absolute Gasteiger partial charge is 0.461 e. The van der Waals surface area contributed by atoms with Gasteiger partial charge in [-0.25, -0.2) is 5.43 Å². The van der Waals surface area contributed by atoms with Crippen molar-refractivity contribution in [2.75, 3.05) is 0 Å². The SMILES string of the molecule is CC(C)(C)c1ccc(C2C3C(O)NNC3CC(C)(O)C2C(=O)OCc2ccccc2)cc1. The molecular weight excluding hydrogens is 404 g/mol. The second-order valence-corrected chi connectivity index (χ2v) is 10.4. The maximum atomic E-state index is 13.4. The molecule has 1 aliphatic heterocycles. The molecule has 0 amide bonds. The average Bonchev–Trinajstić information content (AvgIpc) is 3.10. The Balaban J connectivity index is 1.68. The van der Waals surface area contributed by atoms with Crippen molar-refractivity contribution in [3.63, 3.8) is 0 Å². The van der Waals surface area contributed by atoms with Gasteiger partial charge in [-0.2, -0.15) is 0 Å². The standard InChI is InChI=1S/C26H34N2O4/c1-25(2,3)18-12-10-17(11-13-18)20-21-19(27-28-23(21)29)14-26(4,31)22(20)24(30)32-15-16-8-6-5-7-9-16/h5-13,19-23,27-29,31H,14-15H2,1-4H3. The van der Waals surface area contributed by atoms with Crippen molar-refractivity contribution < 1.29 is 19.7 Å². The number of hydrogen-bond donors (Lipinski definition) is 4. The zero-order chi connectivity index (χ0) is 23.1. The van der Waals surface area contributed by atoms with Crippen molar-refractivity contribution in [2.24, 2.45) is 11.8 Å². The van der Waals surface area contributed by atoms with Crippen molar-refractivity contribution in [1.82, 2.24) is 10.9 Å². The molecule has 0 bridgehead atoms. The molecule has 6 unspecified atom stereocenters. The van der Waals surface area contributed by atoms with E-state index in [0.29, 0.717) is 6.42 Å². The van der Waals surface area contributed by atoms with Crippen LogP contribution in [0.1, 0.15) is 56.7 Å². The first-order valence-corrected chi connectivity index (χ1v) is 11.3. The minimum Gasteiger partial charge on any atom is -0.461 e. The van der Waals surface area contributed by atoms with Crippen molar-refractivity contribution in [3.8, 4) is 0 Å². The molecule has 2 aliphatic rings. The first kappa shape index (κ1) is 22.9. The zero-order valence-electron chi connectivity index (χ0n) is 19.2. The van der Waals surface area contributed by atoms with Crippen LogP contribution in [-0.2, 0) is 21.6 Å². The summed E-state index contributed by atoms with van der Waals surface area (Å²) < 4.78 is 5.70. The van der Waals surface area contributed by atoms with Gasteiger partial charge in [0.1, 0.15) is 12.8 Å². The van der Waals surface area contributed by atoms with Gasteiger partial charge in [-0.1, -0.05) is 75.4 Å². The Morgan fingerprint density at radius 3 is 2.38 bits per heavy atom. The third kappa shape index (κ3) is 4.46. The van der Waals surface area contributed by atoms with E-state index in [1.54, 1.807) is 6.92 Å². The Kier molecular flexibility index (Phi) is 6.16. The topological polar surface area (TPSA) is 90.8 Å². The molecule has 6 nitrogen and oxygen atoms in total. The molecule has 2 aromatic rings. The quantitative estimate of drug-likeness (QED) is 0.549. The Labute approximate surface area is 190 Å². The third-order valence-corrected chi connectivity index (χ3v) is 6.96. The van der Waals surface area contributed by atoms with Crippen LogP contribution in [0.25, 0.3) is 0 Å². The van der Waals surface area contributed by atoms with E-state index in [1.165, 1.54) is 5.56 Å². The van der Waals surface area contributed by atoms with E-state index in [4.69, 9.17) is 4.74 Å². The summed E-state index contributed by atoms with van der Waals surface area (Å²) in [5.41, 5.74) is 7.71. The Morgan fingerprint density at radius 2 is 1.75 bits per heavy atom. The molecule has 2 aromatic carbocycles. The van der Waals surface area contributed by atoms with Crippen LogP contribution in [-0.4, -0.2) is 34.1 Å². The average molecular weight is 439 g/mol. The number of fused-ring (bicyclic) bond motifs is 1. The lowest BCUT2D eigenvalue weighted by atomic mass is 9.60. The van der Waals surface area contributed by atoms with E-state index in [-0.39, 0.29) is 24.0 Å². The summed E-state index contributed by atoms with van der Waals surface area (Å²) in [7, 11) is 0. The molecule has 0 spiro atoms. The van der Waals surface area contributed by atoms with Gasteiger partial charge in [-0.05, 0) is 35.4 Å². The second-order valence-electron chi connectivity index (χ2n) is 10.4. The first-order chi connectivity index (χ1) is 15.1. The predicted molar refractivity (Wildman–Crippen MR) is 122 cm³/mol. The number of carbonyl (C=O) groups excluding carboxylic acids is 1. The molecule has 2 fully saturated rings. The van der Waals surface area contributed by atoms with Gasteiger partial charge in [-0.3, -0.25) is 10.2 Å². The van der Waals surface area contributed by atoms with Crippen LogP contribution in [0.2, 0.25) is 0 Å². The normalized spacial score (nSPS) is 32.4. The fraction of sp³-hybridized carbons (Fsp3) is 0.500. The Bertz CT molecular complexity index is 937. The molecule has 0 radical (unpaired) electrons. The van der Waals surface area contributed by atoms with Gasteiger partial charge in [0.05, 0.1) is 11.5 Å². The lowest BCUT2D eigenvalue weighted by molar-refractivity contribution is -0.168. The van der Waals surface area contributed by atoms with E-state index in [1.807, 2.05) is 42.5 Å². The van der Waals surface area contributed by atoms with Crippen LogP contribution in [0.3, 0.4) is 0 Å². The molecule has 6 heteroatoms. The highest BCUT2D eigenvalue weighted by atomic mass is 16.5. The van der Waals surface area contributed by atoms with Gasteiger partial charge < -0.3 is 14.9 Å². The van der Waals surface area contributed by atoms with Crippen molar-refractivity contribution in [2.45, 2.75) is 69.9 Å². The number of aliphatic hydroxyl groups is 2. The van der Waals surface area contributed by atoms with Crippen LogP contribution in [0.4, 0.5) is 0 Å². The van der Waals surface area contributed by atoms with Crippen LogP contribution in [0.5, 0.6) is 0 Å². The van der Waals surface area contributed by atoms with Crippen LogP contribution >= 0.6 is 0 Å². The number of hydrazine groups is 1. The van der Waals surface area contributed by atoms with Crippen LogP contribution in [0.15, 0.2) is 54.6 Å². The summed E-state index contributed by atoms with van der Waals surface area (Å²) >= 11 is 0. The second kappa shape index (κ2) is 8.60. The molecule has 6 atom stereocenters. The molecule has 32 heavy (non-hydrogen) atoms. The Hall–Kier alpha value is -2.25. The summed E-state index contributed by atoms with van der Waals surface area (Å²) in [5, 5.41) is 22.1. The molecule has 4 N–H and O–H groups in total. The Morgan fingerprint density at radius 1 is 1.09 bits per heavy atom. The van der Waals surface area contributed by atoms with Gasteiger partial charge in [0.25, 0.3) is 0 Å². The van der Waals surface area contributed by atoms with Gasteiger partial charge in [0.2, 0.25) is 0 Å². The molecule has 1 saturated heterocycles. The summed E-state index contributed by atoms with van der Waals surface area (Å²) in [6.07, 6.45) is -0.489. The number of esters is 1. The molecule has 4 rings (SSSR count). The monoisotopic (exact) mass is 438 g/mol. The summed E-state index contributed by atoms with van der Waals surface area (Å²) in [4.78, 5) is 13.4. The molecule has 1 heterocycles. The maximum absolute atomic E-state index is 13.4. The minimum absolute atomic E-state index is 0.00310. The van der Waals surface area contributed by atoms with Crippen LogP contribution in [0, 0.1) is 11.8 Å². The number of rotatable bonds is 4.